The summed E-state index contributed by atoms with van der Waals surface area (Å²) in [6.07, 6.45) is 1.74. The molecule has 5 heteroatoms. The van der Waals surface area contributed by atoms with E-state index in [2.05, 4.69) is 0 Å². The number of carbonyl (C=O) groups is 1. The van der Waals surface area contributed by atoms with Crippen LogP contribution in [0.1, 0.15) is 11.5 Å². The van der Waals surface area contributed by atoms with Gasteiger partial charge >= 0.3 is 0 Å². The van der Waals surface area contributed by atoms with Crippen molar-refractivity contribution in [3.63, 3.8) is 0 Å². The van der Waals surface area contributed by atoms with Gasteiger partial charge in [-0.1, -0.05) is 12.1 Å². The Morgan fingerprint density at radius 2 is 2.06 bits per heavy atom. The standard InChI is InChI=1S/C11H11FO3S/c1-16(14,15)11-9(6-13)10(11)7-3-2-4-8(12)5-7/h2-6,9-11H,1H3/t9-,10+,11-/m1/s1. The third-order valence-electron chi connectivity index (χ3n) is 2.89. The fourth-order valence-corrected chi connectivity index (χ4v) is 3.73. The zero-order valence-electron chi connectivity index (χ0n) is 8.63. The highest BCUT2D eigenvalue weighted by Crippen LogP contribution is 2.50. The van der Waals surface area contributed by atoms with Crippen molar-refractivity contribution < 1.29 is 17.6 Å². The number of aldehydes is 1. The Morgan fingerprint density at radius 1 is 1.38 bits per heavy atom. The normalized spacial score (nSPS) is 28.8. The topological polar surface area (TPSA) is 51.2 Å². The highest BCUT2D eigenvalue weighted by atomic mass is 32.2. The minimum atomic E-state index is -3.25. The van der Waals surface area contributed by atoms with Crippen LogP contribution in [0, 0.1) is 11.7 Å². The molecule has 3 atom stereocenters. The van der Waals surface area contributed by atoms with Crippen molar-refractivity contribution in [1.29, 1.82) is 0 Å². The van der Waals surface area contributed by atoms with Crippen LogP contribution in [-0.4, -0.2) is 26.2 Å². The molecular weight excluding hydrogens is 231 g/mol. The molecule has 1 aromatic rings. The highest BCUT2D eigenvalue weighted by Gasteiger charge is 2.57. The summed E-state index contributed by atoms with van der Waals surface area (Å²) < 4.78 is 35.7. The van der Waals surface area contributed by atoms with E-state index in [0.717, 1.165) is 6.26 Å². The van der Waals surface area contributed by atoms with E-state index in [4.69, 9.17) is 0 Å². The third kappa shape index (κ3) is 1.87. The van der Waals surface area contributed by atoms with Gasteiger partial charge in [0.2, 0.25) is 0 Å². The fourth-order valence-electron chi connectivity index (χ4n) is 2.14. The maximum absolute atomic E-state index is 13.0. The molecule has 0 aliphatic heterocycles. The summed E-state index contributed by atoms with van der Waals surface area (Å²) >= 11 is 0. The summed E-state index contributed by atoms with van der Waals surface area (Å²) in [6, 6.07) is 5.74. The second-order valence-corrected chi connectivity index (χ2v) is 6.29. The van der Waals surface area contributed by atoms with Crippen molar-refractivity contribution in [2.24, 2.45) is 5.92 Å². The fraction of sp³-hybridized carbons (Fsp3) is 0.364. The Morgan fingerprint density at radius 3 is 2.50 bits per heavy atom. The van der Waals surface area contributed by atoms with Gasteiger partial charge in [0.1, 0.15) is 12.1 Å². The van der Waals surface area contributed by atoms with Crippen LogP contribution < -0.4 is 0 Å². The number of rotatable bonds is 3. The Balaban J connectivity index is 2.34. The van der Waals surface area contributed by atoms with Crippen LogP contribution in [0.15, 0.2) is 24.3 Å². The Labute approximate surface area is 93.2 Å². The second kappa shape index (κ2) is 3.66. The number of halogens is 1. The van der Waals surface area contributed by atoms with Crippen LogP contribution >= 0.6 is 0 Å². The first-order valence-corrected chi connectivity index (χ1v) is 6.80. The van der Waals surface area contributed by atoms with Gasteiger partial charge < -0.3 is 4.79 Å². The second-order valence-electron chi connectivity index (χ2n) is 4.09. The van der Waals surface area contributed by atoms with Crippen molar-refractivity contribution in [3.8, 4) is 0 Å². The van der Waals surface area contributed by atoms with E-state index in [0.29, 0.717) is 11.8 Å². The van der Waals surface area contributed by atoms with Crippen molar-refractivity contribution >= 4 is 16.1 Å². The molecule has 0 saturated heterocycles. The zero-order valence-corrected chi connectivity index (χ0v) is 9.45. The number of hydrogen-bond acceptors (Lipinski definition) is 3. The van der Waals surface area contributed by atoms with Gasteiger partial charge in [0.25, 0.3) is 0 Å². The van der Waals surface area contributed by atoms with E-state index in [-0.39, 0.29) is 5.92 Å². The molecule has 0 heterocycles. The zero-order chi connectivity index (χ0) is 11.9. The van der Waals surface area contributed by atoms with Gasteiger partial charge in [0.05, 0.1) is 5.25 Å². The first-order valence-electron chi connectivity index (χ1n) is 4.85. The average molecular weight is 242 g/mol. The van der Waals surface area contributed by atoms with E-state index in [9.17, 15) is 17.6 Å². The molecule has 1 aromatic carbocycles. The van der Waals surface area contributed by atoms with Gasteiger partial charge in [-0.2, -0.15) is 0 Å². The molecule has 16 heavy (non-hydrogen) atoms. The molecule has 0 radical (unpaired) electrons. The molecule has 0 amide bonds. The Bertz CT molecular complexity index is 524. The minimum absolute atomic E-state index is 0.386. The van der Waals surface area contributed by atoms with Crippen molar-refractivity contribution in [1.82, 2.24) is 0 Å². The maximum atomic E-state index is 13.0. The molecule has 1 aliphatic carbocycles. The maximum Gasteiger partial charge on any atom is 0.151 e. The number of benzene rings is 1. The molecule has 0 bridgehead atoms. The lowest BCUT2D eigenvalue weighted by molar-refractivity contribution is -0.108. The predicted molar refractivity (Wildman–Crippen MR) is 57.3 cm³/mol. The average Bonchev–Trinajstić information content (AvgIpc) is 2.91. The third-order valence-corrected chi connectivity index (χ3v) is 4.49. The van der Waals surface area contributed by atoms with E-state index >= 15 is 0 Å². The van der Waals surface area contributed by atoms with E-state index in [1.165, 1.54) is 18.2 Å². The van der Waals surface area contributed by atoms with E-state index < -0.39 is 26.8 Å². The molecule has 0 unspecified atom stereocenters. The molecule has 0 N–H and O–H groups in total. The number of carbonyl (C=O) groups excluding carboxylic acids is 1. The monoisotopic (exact) mass is 242 g/mol. The summed E-state index contributed by atoms with van der Waals surface area (Å²) in [5.74, 6) is -1.33. The van der Waals surface area contributed by atoms with Gasteiger partial charge in [-0.25, -0.2) is 12.8 Å². The number of hydrogen-bond donors (Lipinski definition) is 0. The first-order chi connectivity index (χ1) is 7.45. The Hall–Kier alpha value is -1.23. The minimum Gasteiger partial charge on any atom is -0.303 e. The largest absolute Gasteiger partial charge is 0.303 e. The van der Waals surface area contributed by atoms with Gasteiger partial charge in [0, 0.05) is 18.1 Å². The lowest BCUT2D eigenvalue weighted by atomic mass is 10.1. The van der Waals surface area contributed by atoms with E-state index in [1.54, 1.807) is 6.07 Å². The molecule has 3 nitrogen and oxygen atoms in total. The molecule has 0 spiro atoms. The van der Waals surface area contributed by atoms with Crippen LogP contribution in [0.2, 0.25) is 0 Å². The van der Waals surface area contributed by atoms with Crippen LogP contribution in [0.25, 0.3) is 0 Å². The first kappa shape index (κ1) is 11.3. The van der Waals surface area contributed by atoms with E-state index in [1.807, 2.05) is 0 Å². The summed E-state index contributed by atoms with van der Waals surface area (Å²) in [4.78, 5) is 10.7. The molecule has 1 aliphatic rings. The lowest BCUT2D eigenvalue weighted by Gasteiger charge is -1.98. The van der Waals surface area contributed by atoms with Crippen molar-refractivity contribution in [2.75, 3.05) is 6.26 Å². The van der Waals surface area contributed by atoms with Crippen LogP contribution in [0.4, 0.5) is 4.39 Å². The summed E-state index contributed by atoms with van der Waals surface area (Å²) in [7, 11) is -3.25. The van der Waals surface area contributed by atoms with Crippen LogP contribution in [0.3, 0.4) is 0 Å². The van der Waals surface area contributed by atoms with Crippen molar-refractivity contribution in [3.05, 3.63) is 35.6 Å². The Kier molecular flexibility index (Phi) is 2.58. The lowest BCUT2D eigenvalue weighted by Crippen LogP contribution is -2.07. The summed E-state index contributed by atoms with van der Waals surface area (Å²) in [5.41, 5.74) is 0.576. The van der Waals surface area contributed by atoms with Gasteiger partial charge in [-0.15, -0.1) is 0 Å². The molecule has 0 aromatic heterocycles. The van der Waals surface area contributed by atoms with Crippen molar-refractivity contribution in [2.45, 2.75) is 11.2 Å². The van der Waals surface area contributed by atoms with Gasteiger partial charge in [-0.05, 0) is 17.7 Å². The summed E-state index contributed by atoms with van der Waals surface area (Å²) in [6.45, 7) is 0. The molecule has 86 valence electrons. The van der Waals surface area contributed by atoms with Crippen LogP contribution in [-0.2, 0) is 14.6 Å². The highest BCUT2D eigenvalue weighted by molar-refractivity contribution is 7.91. The number of sulfone groups is 1. The SMILES string of the molecule is CS(=O)(=O)[C@@H]1[C@H](C=O)[C@@H]1c1cccc(F)c1. The van der Waals surface area contributed by atoms with Crippen LogP contribution in [0.5, 0.6) is 0 Å². The smallest absolute Gasteiger partial charge is 0.151 e. The molecule has 1 fully saturated rings. The summed E-state index contributed by atoms with van der Waals surface area (Å²) in [5, 5.41) is -0.688. The molecular formula is C11H11FO3S. The molecule has 2 rings (SSSR count). The van der Waals surface area contributed by atoms with Gasteiger partial charge in [0.15, 0.2) is 9.84 Å². The van der Waals surface area contributed by atoms with Gasteiger partial charge in [-0.3, -0.25) is 0 Å². The molecule has 1 saturated carbocycles. The predicted octanol–water partition coefficient (Wildman–Crippen LogP) is 1.15. The quantitative estimate of drug-likeness (QED) is 0.747.